The van der Waals surface area contributed by atoms with E-state index in [4.69, 9.17) is 10.00 Å². The summed E-state index contributed by atoms with van der Waals surface area (Å²) in [7, 11) is 0. The second-order valence-corrected chi connectivity index (χ2v) is 6.74. The average molecular weight is 343 g/mol. The van der Waals surface area contributed by atoms with Gasteiger partial charge in [0.15, 0.2) is 6.19 Å². The molecule has 1 aromatic rings. The zero-order chi connectivity index (χ0) is 18.2. The van der Waals surface area contributed by atoms with Gasteiger partial charge in [-0.3, -0.25) is 9.69 Å². The summed E-state index contributed by atoms with van der Waals surface area (Å²) in [6.07, 6.45) is 3.98. The van der Waals surface area contributed by atoms with Crippen molar-refractivity contribution >= 4 is 11.9 Å². The summed E-state index contributed by atoms with van der Waals surface area (Å²) >= 11 is 0. The smallest absolute Gasteiger partial charge is 0.328 e. The van der Waals surface area contributed by atoms with E-state index in [1.165, 1.54) is 4.90 Å². The van der Waals surface area contributed by atoms with Gasteiger partial charge < -0.3 is 10.1 Å². The molecule has 2 rings (SSSR count). The van der Waals surface area contributed by atoms with Gasteiger partial charge in [-0.05, 0) is 30.7 Å². The molecule has 1 heterocycles. The number of nitriles is 1. The standard InChI is InChI=1S/C19H25N3O3/c1-14(2)11-16(19(24)25-12-15-7-4-3-5-8-15)21-18(23)17-9-6-10-22(17)13-20/h3-5,7-8,14,16-17H,6,9-12H2,1-2H3,(H,21,23)/t16?,17-/m0/s1. The number of esters is 1. The van der Waals surface area contributed by atoms with Crippen molar-refractivity contribution in [1.29, 1.82) is 5.26 Å². The highest BCUT2D eigenvalue weighted by Crippen LogP contribution is 2.17. The third-order valence-electron chi connectivity index (χ3n) is 4.22. The van der Waals surface area contributed by atoms with Crippen molar-refractivity contribution in [3.63, 3.8) is 0 Å². The number of hydrogen-bond donors (Lipinski definition) is 1. The molecular weight excluding hydrogens is 318 g/mol. The minimum Gasteiger partial charge on any atom is -0.459 e. The Hall–Kier alpha value is -2.55. The maximum atomic E-state index is 12.5. The largest absolute Gasteiger partial charge is 0.459 e. The molecule has 1 fully saturated rings. The first-order valence-electron chi connectivity index (χ1n) is 8.68. The summed E-state index contributed by atoms with van der Waals surface area (Å²) in [6, 6.07) is 8.24. The first-order valence-corrected chi connectivity index (χ1v) is 8.68. The number of benzene rings is 1. The van der Waals surface area contributed by atoms with Crippen molar-refractivity contribution in [1.82, 2.24) is 10.2 Å². The molecule has 25 heavy (non-hydrogen) atoms. The predicted molar refractivity (Wildman–Crippen MR) is 93.0 cm³/mol. The minimum absolute atomic E-state index is 0.178. The topological polar surface area (TPSA) is 82.4 Å². The number of nitrogens with zero attached hydrogens (tertiary/aromatic N) is 2. The van der Waals surface area contributed by atoms with Crippen LogP contribution in [0.2, 0.25) is 0 Å². The van der Waals surface area contributed by atoms with Crippen molar-refractivity contribution in [3.8, 4) is 6.19 Å². The van der Waals surface area contributed by atoms with Gasteiger partial charge in [-0.1, -0.05) is 44.2 Å². The summed E-state index contributed by atoms with van der Waals surface area (Å²) in [5.74, 6) is -0.487. The summed E-state index contributed by atoms with van der Waals surface area (Å²) in [4.78, 5) is 26.4. The first-order chi connectivity index (χ1) is 12.0. The molecule has 0 spiro atoms. The molecule has 1 aliphatic heterocycles. The van der Waals surface area contributed by atoms with Crippen LogP contribution in [0.5, 0.6) is 0 Å². The van der Waals surface area contributed by atoms with Crippen molar-refractivity contribution < 1.29 is 14.3 Å². The number of ether oxygens (including phenoxy) is 1. The first kappa shape index (κ1) is 18.8. The third kappa shape index (κ3) is 5.49. The molecule has 6 nitrogen and oxygen atoms in total. The Balaban J connectivity index is 1.96. The molecule has 0 bridgehead atoms. The number of rotatable bonds is 7. The Bertz CT molecular complexity index is 625. The van der Waals surface area contributed by atoms with Gasteiger partial charge >= 0.3 is 5.97 Å². The maximum absolute atomic E-state index is 12.5. The van der Waals surface area contributed by atoms with Crippen LogP contribution in [0.1, 0.15) is 38.7 Å². The fourth-order valence-electron chi connectivity index (χ4n) is 2.94. The van der Waals surface area contributed by atoms with Crippen LogP contribution in [0, 0.1) is 17.4 Å². The van der Waals surface area contributed by atoms with Gasteiger partial charge in [0.1, 0.15) is 18.7 Å². The Kier molecular flexibility index (Phi) is 6.81. The molecule has 0 saturated carbocycles. The number of carbonyl (C=O) groups excluding carboxylic acids is 2. The van der Waals surface area contributed by atoms with E-state index in [0.29, 0.717) is 19.4 Å². The molecule has 6 heteroatoms. The average Bonchev–Trinajstić information content (AvgIpc) is 3.08. The van der Waals surface area contributed by atoms with Crippen molar-refractivity contribution in [2.24, 2.45) is 5.92 Å². The number of likely N-dealkylation sites (tertiary alicyclic amines) is 1. The molecule has 1 aromatic carbocycles. The van der Waals surface area contributed by atoms with Crippen LogP contribution in [-0.2, 0) is 20.9 Å². The van der Waals surface area contributed by atoms with Crippen molar-refractivity contribution in [2.45, 2.75) is 51.8 Å². The van der Waals surface area contributed by atoms with Crippen LogP contribution in [0.15, 0.2) is 30.3 Å². The van der Waals surface area contributed by atoms with E-state index in [1.54, 1.807) is 0 Å². The number of nitrogens with one attached hydrogen (secondary N) is 1. The van der Waals surface area contributed by atoms with E-state index in [1.807, 2.05) is 50.4 Å². The van der Waals surface area contributed by atoms with E-state index in [2.05, 4.69) is 5.32 Å². The molecule has 1 saturated heterocycles. The summed E-state index contributed by atoms with van der Waals surface area (Å²) < 4.78 is 5.38. The van der Waals surface area contributed by atoms with Gasteiger partial charge in [-0.2, -0.15) is 5.26 Å². The SMILES string of the molecule is CC(C)CC(NC(=O)[C@@H]1CCCN1C#N)C(=O)OCc1ccccc1. The van der Waals surface area contributed by atoms with Gasteiger partial charge in [0.2, 0.25) is 5.91 Å². The highest BCUT2D eigenvalue weighted by atomic mass is 16.5. The Morgan fingerprint density at radius 1 is 1.36 bits per heavy atom. The third-order valence-corrected chi connectivity index (χ3v) is 4.22. The quantitative estimate of drug-likeness (QED) is 0.606. The summed E-state index contributed by atoms with van der Waals surface area (Å²) in [5, 5.41) is 11.9. The molecule has 0 aromatic heterocycles. The highest BCUT2D eigenvalue weighted by Gasteiger charge is 2.33. The number of hydrogen-bond acceptors (Lipinski definition) is 5. The Labute approximate surface area is 148 Å². The van der Waals surface area contributed by atoms with Crippen molar-refractivity contribution in [3.05, 3.63) is 35.9 Å². The molecule has 0 aliphatic carbocycles. The molecule has 1 aliphatic rings. The maximum Gasteiger partial charge on any atom is 0.328 e. The van der Waals surface area contributed by atoms with Crippen LogP contribution < -0.4 is 5.32 Å². The van der Waals surface area contributed by atoms with Gasteiger partial charge in [-0.15, -0.1) is 0 Å². The van der Waals surface area contributed by atoms with Crippen LogP contribution in [0.3, 0.4) is 0 Å². The van der Waals surface area contributed by atoms with Crippen LogP contribution in [0.25, 0.3) is 0 Å². The van der Waals surface area contributed by atoms with E-state index in [9.17, 15) is 9.59 Å². The Morgan fingerprint density at radius 3 is 2.72 bits per heavy atom. The van der Waals surface area contributed by atoms with Gasteiger partial charge in [0.05, 0.1) is 0 Å². The van der Waals surface area contributed by atoms with Gasteiger partial charge in [0, 0.05) is 6.54 Å². The number of carbonyl (C=O) groups is 2. The Morgan fingerprint density at radius 2 is 2.08 bits per heavy atom. The lowest BCUT2D eigenvalue weighted by Crippen LogP contribution is -2.49. The summed E-state index contributed by atoms with van der Waals surface area (Å²) in [5.41, 5.74) is 0.900. The second kappa shape index (κ2) is 9.07. The molecule has 0 radical (unpaired) electrons. The lowest BCUT2D eigenvalue weighted by molar-refractivity contribution is -0.150. The fraction of sp³-hybridized carbons (Fsp3) is 0.526. The fourth-order valence-corrected chi connectivity index (χ4v) is 2.94. The summed E-state index contributed by atoms with van der Waals surface area (Å²) in [6.45, 7) is 4.74. The molecular formula is C19H25N3O3. The van der Waals surface area contributed by atoms with E-state index in [-0.39, 0.29) is 18.4 Å². The normalized spacial score (nSPS) is 17.8. The molecule has 2 atom stereocenters. The lowest BCUT2D eigenvalue weighted by Gasteiger charge is -2.23. The molecule has 1 unspecified atom stereocenters. The monoisotopic (exact) mass is 343 g/mol. The molecule has 1 N–H and O–H groups in total. The second-order valence-electron chi connectivity index (χ2n) is 6.74. The molecule has 1 amide bonds. The van der Waals surface area contributed by atoms with E-state index >= 15 is 0 Å². The van der Waals surface area contributed by atoms with Gasteiger partial charge in [0.25, 0.3) is 0 Å². The van der Waals surface area contributed by atoms with Crippen LogP contribution in [0.4, 0.5) is 0 Å². The van der Waals surface area contributed by atoms with E-state index < -0.39 is 18.1 Å². The predicted octanol–water partition coefficient (Wildman–Crippen LogP) is 2.21. The molecule has 134 valence electrons. The van der Waals surface area contributed by atoms with E-state index in [0.717, 1.165) is 12.0 Å². The van der Waals surface area contributed by atoms with Crippen LogP contribution >= 0.6 is 0 Å². The highest BCUT2D eigenvalue weighted by molar-refractivity contribution is 5.87. The van der Waals surface area contributed by atoms with Crippen molar-refractivity contribution in [2.75, 3.05) is 6.54 Å². The zero-order valence-electron chi connectivity index (χ0n) is 14.8. The zero-order valence-corrected chi connectivity index (χ0v) is 14.8. The minimum atomic E-state index is -0.697. The number of amides is 1. The van der Waals surface area contributed by atoms with Crippen LogP contribution in [-0.4, -0.2) is 35.4 Å². The van der Waals surface area contributed by atoms with Gasteiger partial charge in [-0.25, -0.2) is 4.79 Å². The lowest BCUT2D eigenvalue weighted by atomic mass is 10.0.